The smallest absolute Gasteiger partial charge is 0.258 e. The molecule has 0 radical (unpaired) electrons. The van der Waals surface area contributed by atoms with E-state index in [0.717, 1.165) is 18.4 Å². The average Bonchev–Trinajstić information content (AvgIpc) is 3.21. The molecule has 1 amide bonds. The highest BCUT2D eigenvalue weighted by atomic mass is 79.9. The lowest BCUT2D eigenvalue weighted by Crippen LogP contribution is -2.30. The summed E-state index contributed by atoms with van der Waals surface area (Å²) in [4.78, 5) is 11.6. The van der Waals surface area contributed by atoms with Crippen LogP contribution in [-0.4, -0.2) is 30.3 Å². The van der Waals surface area contributed by atoms with Gasteiger partial charge in [-0.3, -0.25) is 4.79 Å². The molecule has 1 aliphatic rings. The van der Waals surface area contributed by atoms with Crippen molar-refractivity contribution in [1.82, 2.24) is 5.32 Å². The third-order valence-corrected chi connectivity index (χ3v) is 3.43. The molecule has 1 fully saturated rings. The van der Waals surface area contributed by atoms with Gasteiger partial charge in [-0.15, -0.1) is 0 Å². The van der Waals surface area contributed by atoms with Crippen molar-refractivity contribution in [3.63, 3.8) is 0 Å². The number of aliphatic hydroxyl groups excluding tert-OH is 1. The lowest BCUT2D eigenvalue weighted by molar-refractivity contribution is -0.123. The zero-order chi connectivity index (χ0) is 14.5. The molecule has 1 aromatic rings. The first-order valence-corrected chi connectivity index (χ1v) is 7.41. The SMILES string of the molecule is CCOc1cc(CO)cc(Br)c1OCC(=O)NC1CC1. The van der Waals surface area contributed by atoms with Gasteiger partial charge in [0.1, 0.15) is 0 Å². The number of ether oxygens (including phenoxy) is 2. The molecule has 5 nitrogen and oxygen atoms in total. The summed E-state index contributed by atoms with van der Waals surface area (Å²) in [5.74, 6) is 0.869. The number of halogens is 1. The minimum absolute atomic E-state index is 0.0480. The van der Waals surface area contributed by atoms with E-state index >= 15 is 0 Å². The Morgan fingerprint density at radius 3 is 2.80 bits per heavy atom. The molecule has 0 atom stereocenters. The zero-order valence-corrected chi connectivity index (χ0v) is 12.9. The highest BCUT2D eigenvalue weighted by Crippen LogP contribution is 2.37. The van der Waals surface area contributed by atoms with Crippen LogP contribution in [0.3, 0.4) is 0 Å². The summed E-state index contributed by atoms with van der Waals surface area (Å²) in [5, 5.41) is 12.0. The summed E-state index contributed by atoms with van der Waals surface area (Å²) < 4.78 is 11.7. The van der Waals surface area contributed by atoms with Crippen molar-refractivity contribution in [3.05, 3.63) is 22.2 Å². The van der Waals surface area contributed by atoms with E-state index in [-0.39, 0.29) is 19.1 Å². The van der Waals surface area contributed by atoms with Gasteiger partial charge in [0, 0.05) is 6.04 Å². The van der Waals surface area contributed by atoms with Crippen LogP contribution in [0.25, 0.3) is 0 Å². The van der Waals surface area contributed by atoms with Gasteiger partial charge in [-0.2, -0.15) is 0 Å². The van der Waals surface area contributed by atoms with E-state index in [1.165, 1.54) is 0 Å². The van der Waals surface area contributed by atoms with Crippen LogP contribution in [0.2, 0.25) is 0 Å². The monoisotopic (exact) mass is 343 g/mol. The van der Waals surface area contributed by atoms with Crippen molar-refractivity contribution in [2.45, 2.75) is 32.4 Å². The summed E-state index contributed by atoms with van der Waals surface area (Å²) in [5.41, 5.74) is 0.718. The first kappa shape index (κ1) is 15.1. The fourth-order valence-corrected chi connectivity index (χ4v) is 2.35. The normalized spacial score (nSPS) is 13.9. The molecule has 6 heteroatoms. The third kappa shape index (κ3) is 4.11. The van der Waals surface area contributed by atoms with Crippen molar-refractivity contribution in [2.24, 2.45) is 0 Å². The van der Waals surface area contributed by atoms with Crippen LogP contribution in [0, 0.1) is 0 Å². The number of benzene rings is 1. The molecule has 0 spiro atoms. The van der Waals surface area contributed by atoms with Gasteiger partial charge in [0.15, 0.2) is 18.1 Å². The lowest BCUT2D eigenvalue weighted by Gasteiger charge is -2.14. The number of amides is 1. The van der Waals surface area contributed by atoms with Gasteiger partial charge in [-0.1, -0.05) is 0 Å². The Morgan fingerprint density at radius 1 is 1.45 bits per heavy atom. The number of nitrogens with one attached hydrogen (secondary N) is 1. The number of rotatable bonds is 7. The van der Waals surface area contributed by atoms with Gasteiger partial charge in [0.2, 0.25) is 0 Å². The Labute approximate surface area is 126 Å². The van der Waals surface area contributed by atoms with Gasteiger partial charge >= 0.3 is 0 Å². The third-order valence-electron chi connectivity index (χ3n) is 2.84. The van der Waals surface area contributed by atoms with E-state index in [4.69, 9.17) is 9.47 Å². The maximum Gasteiger partial charge on any atom is 0.258 e. The Hall–Kier alpha value is -1.27. The number of hydrogen-bond acceptors (Lipinski definition) is 4. The molecule has 2 rings (SSSR count). The maximum absolute atomic E-state index is 11.6. The molecule has 1 aliphatic carbocycles. The predicted molar refractivity (Wildman–Crippen MR) is 77.9 cm³/mol. The van der Waals surface area contributed by atoms with Crippen LogP contribution in [0.4, 0.5) is 0 Å². The molecule has 0 bridgehead atoms. The largest absolute Gasteiger partial charge is 0.490 e. The van der Waals surface area contributed by atoms with Crippen LogP contribution in [-0.2, 0) is 11.4 Å². The summed E-state index contributed by atoms with van der Waals surface area (Å²) >= 11 is 3.37. The van der Waals surface area contributed by atoms with Gasteiger partial charge in [0.05, 0.1) is 17.7 Å². The summed E-state index contributed by atoms with van der Waals surface area (Å²) in [6, 6.07) is 3.77. The van der Waals surface area contributed by atoms with E-state index in [1.54, 1.807) is 12.1 Å². The molecule has 0 saturated heterocycles. The second-order valence-corrected chi connectivity index (χ2v) is 5.48. The number of carbonyl (C=O) groups is 1. The fourth-order valence-electron chi connectivity index (χ4n) is 1.75. The molecule has 0 aromatic heterocycles. The van der Waals surface area contributed by atoms with Gasteiger partial charge in [-0.25, -0.2) is 0 Å². The number of aliphatic hydroxyl groups is 1. The summed E-state index contributed by atoms with van der Waals surface area (Å²) in [6.45, 7) is 2.21. The number of hydrogen-bond donors (Lipinski definition) is 2. The zero-order valence-electron chi connectivity index (χ0n) is 11.3. The molecule has 1 aromatic carbocycles. The minimum Gasteiger partial charge on any atom is -0.490 e. The Kier molecular flexibility index (Phi) is 5.25. The van der Waals surface area contributed by atoms with Crippen molar-refractivity contribution < 1.29 is 19.4 Å². The molecule has 2 N–H and O–H groups in total. The van der Waals surface area contributed by atoms with Crippen LogP contribution < -0.4 is 14.8 Å². The fraction of sp³-hybridized carbons (Fsp3) is 0.500. The van der Waals surface area contributed by atoms with Crippen LogP contribution in [0.5, 0.6) is 11.5 Å². The van der Waals surface area contributed by atoms with Gasteiger partial charge in [0.25, 0.3) is 5.91 Å². The lowest BCUT2D eigenvalue weighted by atomic mass is 10.2. The Morgan fingerprint density at radius 2 is 2.20 bits per heavy atom. The summed E-state index contributed by atoms with van der Waals surface area (Å²) in [7, 11) is 0. The second kappa shape index (κ2) is 6.95. The molecule has 110 valence electrons. The van der Waals surface area contributed by atoms with Crippen LogP contribution in [0.15, 0.2) is 16.6 Å². The standard InChI is InChI=1S/C14H18BrNO4/c1-2-19-12-6-9(7-17)5-11(15)14(12)20-8-13(18)16-10-3-4-10/h5-6,10,17H,2-4,7-8H2,1H3,(H,16,18). The van der Waals surface area contributed by atoms with Crippen LogP contribution >= 0.6 is 15.9 Å². The molecule has 0 aliphatic heterocycles. The molecular formula is C14H18BrNO4. The van der Waals surface area contributed by atoms with E-state index in [2.05, 4.69) is 21.2 Å². The van der Waals surface area contributed by atoms with Crippen LogP contribution in [0.1, 0.15) is 25.3 Å². The average molecular weight is 344 g/mol. The Bertz CT molecular complexity index is 488. The van der Waals surface area contributed by atoms with Gasteiger partial charge < -0.3 is 19.9 Å². The molecule has 20 heavy (non-hydrogen) atoms. The topological polar surface area (TPSA) is 67.8 Å². The first-order chi connectivity index (χ1) is 9.63. The van der Waals surface area contributed by atoms with E-state index in [0.29, 0.717) is 28.6 Å². The molecule has 1 saturated carbocycles. The minimum atomic E-state index is -0.131. The quantitative estimate of drug-likeness (QED) is 0.794. The predicted octanol–water partition coefficient (Wildman–Crippen LogP) is 2.00. The van der Waals surface area contributed by atoms with Crippen molar-refractivity contribution in [1.29, 1.82) is 0 Å². The maximum atomic E-state index is 11.6. The highest BCUT2D eigenvalue weighted by Gasteiger charge is 2.23. The van der Waals surface area contributed by atoms with E-state index in [9.17, 15) is 9.90 Å². The van der Waals surface area contributed by atoms with E-state index in [1.807, 2.05) is 6.92 Å². The Balaban J connectivity index is 2.05. The first-order valence-electron chi connectivity index (χ1n) is 6.62. The number of carbonyl (C=O) groups excluding carboxylic acids is 1. The molecule has 0 heterocycles. The van der Waals surface area contributed by atoms with Crippen molar-refractivity contribution in [2.75, 3.05) is 13.2 Å². The van der Waals surface area contributed by atoms with Crippen molar-refractivity contribution >= 4 is 21.8 Å². The summed E-state index contributed by atoms with van der Waals surface area (Å²) in [6.07, 6.45) is 2.09. The van der Waals surface area contributed by atoms with Crippen molar-refractivity contribution in [3.8, 4) is 11.5 Å². The van der Waals surface area contributed by atoms with Gasteiger partial charge in [-0.05, 0) is 53.4 Å². The highest BCUT2D eigenvalue weighted by molar-refractivity contribution is 9.10. The molecular weight excluding hydrogens is 326 g/mol. The van der Waals surface area contributed by atoms with E-state index < -0.39 is 0 Å². The molecule has 0 unspecified atom stereocenters. The second-order valence-electron chi connectivity index (χ2n) is 4.63.